The summed E-state index contributed by atoms with van der Waals surface area (Å²) in [5.41, 5.74) is 5.86. The smallest absolute Gasteiger partial charge is 0.281 e. The summed E-state index contributed by atoms with van der Waals surface area (Å²) >= 11 is 0. The molecule has 6 heteroatoms. The van der Waals surface area contributed by atoms with Crippen molar-refractivity contribution in [2.24, 2.45) is 11.1 Å². The Morgan fingerprint density at radius 2 is 1.53 bits per heavy atom. The van der Waals surface area contributed by atoms with Crippen LogP contribution in [-0.4, -0.2) is 49.8 Å². The minimum absolute atomic E-state index is 0.122. The predicted molar refractivity (Wildman–Crippen MR) is 67.7 cm³/mol. The van der Waals surface area contributed by atoms with Crippen molar-refractivity contribution in [2.45, 2.75) is 32.6 Å². The van der Waals surface area contributed by atoms with E-state index in [1.807, 2.05) is 0 Å². The lowest BCUT2D eigenvalue weighted by atomic mass is 9.81. The molecule has 2 heterocycles. The zero-order valence-corrected chi connectivity index (χ0v) is 11.4. The second kappa shape index (κ2) is 4.84. The molecular weight excluding hydrogens is 238 g/mol. The van der Waals surface area contributed by atoms with E-state index in [2.05, 4.69) is 6.92 Å². The highest BCUT2D eigenvalue weighted by Crippen LogP contribution is 2.31. The van der Waals surface area contributed by atoms with Crippen LogP contribution in [0.5, 0.6) is 0 Å². The normalized spacial score (nSPS) is 27.4. The zero-order chi connectivity index (χ0) is 12.5. The third kappa shape index (κ3) is 2.65. The van der Waals surface area contributed by atoms with E-state index in [0.29, 0.717) is 32.7 Å². The van der Waals surface area contributed by atoms with Gasteiger partial charge in [0.2, 0.25) is 0 Å². The van der Waals surface area contributed by atoms with Crippen molar-refractivity contribution in [1.29, 1.82) is 0 Å². The summed E-state index contributed by atoms with van der Waals surface area (Å²) in [7, 11) is -3.19. The molecule has 2 fully saturated rings. The molecule has 2 aliphatic heterocycles. The molecule has 0 saturated carbocycles. The monoisotopic (exact) mass is 261 g/mol. The average Bonchev–Trinajstić information content (AvgIpc) is 2.84. The standard InChI is InChI=1S/C11H23N3O2S/c1-11(10-12)4-8-14(9-5-11)17(15,16)13-6-2-3-7-13/h2-10,12H2,1H3. The third-order valence-electron chi connectivity index (χ3n) is 4.14. The van der Waals surface area contributed by atoms with E-state index in [4.69, 9.17) is 5.73 Å². The van der Waals surface area contributed by atoms with Gasteiger partial charge in [-0.25, -0.2) is 0 Å². The van der Waals surface area contributed by atoms with Crippen LogP contribution in [0, 0.1) is 5.41 Å². The van der Waals surface area contributed by atoms with E-state index in [-0.39, 0.29) is 5.41 Å². The maximum Gasteiger partial charge on any atom is 0.281 e. The van der Waals surface area contributed by atoms with Crippen LogP contribution in [0.1, 0.15) is 32.6 Å². The van der Waals surface area contributed by atoms with Gasteiger partial charge < -0.3 is 5.73 Å². The Bertz CT molecular complexity index is 355. The molecule has 2 saturated heterocycles. The number of hydrogen-bond donors (Lipinski definition) is 1. The van der Waals surface area contributed by atoms with Crippen LogP contribution in [0.3, 0.4) is 0 Å². The molecule has 0 aliphatic carbocycles. The summed E-state index contributed by atoms with van der Waals surface area (Å²) in [6.45, 7) is 5.40. The maximum atomic E-state index is 12.3. The molecular formula is C11H23N3O2S. The fraction of sp³-hybridized carbons (Fsp3) is 1.00. The molecule has 2 N–H and O–H groups in total. The highest BCUT2D eigenvalue weighted by atomic mass is 32.2. The number of rotatable bonds is 3. The third-order valence-corrected chi connectivity index (χ3v) is 6.18. The molecule has 0 aromatic carbocycles. The van der Waals surface area contributed by atoms with Gasteiger partial charge in [-0.2, -0.15) is 17.0 Å². The van der Waals surface area contributed by atoms with Crippen molar-refractivity contribution < 1.29 is 8.42 Å². The predicted octanol–water partition coefficient (Wildman–Crippen LogP) is 0.388. The topological polar surface area (TPSA) is 66.6 Å². The lowest BCUT2D eigenvalue weighted by molar-refractivity contribution is 0.177. The summed E-state index contributed by atoms with van der Waals surface area (Å²) < 4.78 is 27.9. The summed E-state index contributed by atoms with van der Waals surface area (Å²) in [5.74, 6) is 0. The Morgan fingerprint density at radius 3 is 2.00 bits per heavy atom. The van der Waals surface area contributed by atoms with Crippen molar-refractivity contribution >= 4 is 10.2 Å². The Hall–Kier alpha value is -0.170. The van der Waals surface area contributed by atoms with Crippen LogP contribution >= 0.6 is 0 Å². The minimum Gasteiger partial charge on any atom is -0.330 e. The highest BCUT2D eigenvalue weighted by Gasteiger charge is 2.37. The largest absolute Gasteiger partial charge is 0.330 e. The molecule has 2 aliphatic rings. The first-order chi connectivity index (χ1) is 7.98. The van der Waals surface area contributed by atoms with Crippen LogP contribution in [0.15, 0.2) is 0 Å². The van der Waals surface area contributed by atoms with Gasteiger partial charge in [-0.05, 0) is 37.6 Å². The fourth-order valence-corrected chi connectivity index (χ4v) is 4.23. The lowest BCUT2D eigenvalue weighted by Crippen LogP contribution is -2.49. The van der Waals surface area contributed by atoms with Crippen molar-refractivity contribution in [1.82, 2.24) is 8.61 Å². The van der Waals surface area contributed by atoms with Gasteiger partial charge in [0.25, 0.3) is 10.2 Å². The van der Waals surface area contributed by atoms with E-state index in [0.717, 1.165) is 25.7 Å². The van der Waals surface area contributed by atoms with E-state index < -0.39 is 10.2 Å². The number of nitrogens with two attached hydrogens (primary N) is 1. The van der Waals surface area contributed by atoms with Crippen molar-refractivity contribution in [3.05, 3.63) is 0 Å². The summed E-state index contributed by atoms with van der Waals surface area (Å²) in [4.78, 5) is 0. The minimum atomic E-state index is -3.19. The van der Waals surface area contributed by atoms with Crippen LogP contribution in [-0.2, 0) is 10.2 Å². The molecule has 0 aromatic rings. The fourth-order valence-electron chi connectivity index (χ4n) is 2.54. The average molecular weight is 261 g/mol. The first-order valence-corrected chi connectivity index (χ1v) is 7.83. The first-order valence-electron chi connectivity index (χ1n) is 6.43. The van der Waals surface area contributed by atoms with Crippen LogP contribution < -0.4 is 5.73 Å². The van der Waals surface area contributed by atoms with E-state index >= 15 is 0 Å². The molecule has 0 unspecified atom stereocenters. The number of piperidine rings is 1. The molecule has 0 amide bonds. The maximum absolute atomic E-state index is 12.3. The van der Waals surface area contributed by atoms with Gasteiger partial charge >= 0.3 is 0 Å². The van der Waals surface area contributed by atoms with Crippen molar-refractivity contribution in [3.8, 4) is 0 Å². The Morgan fingerprint density at radius 1 is 1.06 bits per heavy atom. The summed E-state index contributed by atoms with van der Waals surface area (Å²) in [5, 5.41) is 0. The summed E-state index contributed by atoms with van der Waals surface area (Å²) in [6, 6.07) is 0. The molecule has 0 aromatic heterocycles. The first kappa shape index (κ1) is 13.3. The Balaban J connectivity index is 2.00. The summed E-state index contributed by atoms with van der Waals surface area (Å²) in [6.07, 6.45) is 3.73. The van der Waals surface area contributed by atoms with Crippen LogP contribution in [0.4, 0.5) is 0 Å². The van der Waals surface area contributed by atoms with Gasteiger partial charge in [-0.15, -0.1) is 0 Å². The quantitative estimate of drug-likeness (QED) is 0.799. The molecule has 17 heavy (non-hydrogen) atoms. The van der Waals surface area contributed by atoms with E-state index in [9.17, 15) is 8.42 Å². The van der Waals surface area contributed by atoms with Gasteiger partial charge in [0, 0.05) is 26.2 Å². The van der Waals surface area contributed by atoms with Gasteiger partial charge in [-0.3, -0.25) is 0 Å². The molecule has 5 nitrogen and oxygen atoms in total. The number of nitrogens with zero attached hydrogens (tertiary/aromatic N) is 2. The molecule has 0 spiro atoms. The van der Waals surface area contributed by atoms with Crippen molar-refractivity contribution in [2.75, 3.05) is 32.7 Å². The Labute approximate surface area is 104 Å². The zero-order valence-electron chi connectivity index (χ0n) is 10.6. The number of hydrogen-bond acceptors (Lipinski definition) is 3. The molecule has 100 valence electrons. The van der Waals surface area contributed by atoms with Crippen molar-refractivity contribution in [3.63, 3.8) is 0 Å². The van der Waals surface area contributed by atoms with Crippen LogP contribution in [0.25, 0.3) is 0 Å². The van der Waals surface area contributed by atoms with Crippen LogP contribution in [0.2, 0.25) is 0 Å². The molecule has 0 bridgehead atoms. The lowest BCUT2D eigenvalue weighted by Gasteiger charge is -2.39. The van der Waals surface area contributed by atoms with Gasteiger partial charge in [-0.1, -0.05) is 6.92 Å². The van der Waals surface area contributed by atoms with E-state index in [1.54, 1.807) is 8.61 Å². The second-order valence-corrected chi connectivity index (χ2v) is 7.46. The molecule has 0 atom stereocenters. The SMILES string of the molecule is CC1(CN)CCN(S(=O)(=O)N2CCCC2)CC1. The highest BCUT2D eigenvalue weighted by molar-refractivity contribution is 7.86. The second-order valence-electron chi connectivity index (χ2n) is 5.53. The molecule has 0 radical (unpaired) electrons. The van der Waals surface area contributed by atoms with Gasteiger partial charge in [0.15, 0.2) is 0 Å². The van der Waals surface area contributed by atoms with Gasteiger partial charge in [0.1, 0.15) is 0 Å². The molecule has 2 rings (SSSR count). The van der Waals surface area contributed by atoms with E-state index in [1.165, 1.54) is 0 Å². The van der Waals surface area contributed by atoms with Gasteiger partial charge in [0.05, 0.1) is 0 Å². The Kier molecular flexibility index (Phi) is 3.77.